The van der Waals surface area contributed by atoms with E-state index in [9.17, 15) is 4.79 Å². The molecular weight excluding hydrogens is 136 g/mol. The smallest absolute Gasteiger partial charge is 0.145 e. The molecule has 62 valence electrons. The lowest BCUT2D eigenvalue weighted by Crippen LogP contribution is -2.09. The summed E-state index contributed by atoms with van der Waals surface area (Å²) >= 11 is 0. The van der Waals surface area contributed by atoms with Gasteiger partial charge in [0.25, 0.3) is 0 Å². The van der Waals surface area contributed by atoms with Crippen LogP contribution in [0.2, 0.25) is 0 Å². The lowest BCUT2D eigenvalue weighted by Gasteiger charge is -2.21. The molecule has 1 aliphatic rings. The molecule has 1 aliphatic carbocycles. The molecule has 1 nitrogen and oxygen atoms in total. The molecule has 0 atom stereocenters. The zero-order valence-corrected chi connectivity index (χ0v) is 7.18. The Kier molecular flexibility index (Phi) is 3.34. The lowest BCUT2D eigenvalue weighted by molar-refractivity contribution is -0.105. The van der Waals surface area contributed by atoms with E-state index in [1.807, 2.05) is 13.0 Å². The Morgan fingerprint density at radius 2 is 1.91 bits per heavy atom. The van der Waals surface area contributed by atoms with Gasteiger partial charge in [-0.1, -0.05) is 25.3 Å². The van der Waals surface area contributed by atoms with Crippen LogP contribution in [0.1, 0.15) is 39.0 Å². The molecule has 1 saturated carbocycles. The fourth-order valence-electron chi connectivity index (χ4n) is 1.84. The first-order valence-corrected chi connectivity index (χ1v) is 4.50. The van der Waals surface area contributed by atoms with Crippen LogP contribution in [0.4, 0.5) is 0 Å². The normalized spacial score (nSPS) is 21.7. The number of hydrogen-bond donors (Lipinski definition) is 0. The predicted molar refractivity (Wildman–Crippen MR) is 46.4 cm³/mol. The van der Waals surface area contributed by atoms with Gasteiger partial charge in [0.2, 0.25) is 0 Å². The van der Waals surface area contributed by atoms with E-state index in [-0.39, 0.29) is 0 Å². The van der Waals surface area contributed by atoms with Gasteiger partial charge >= 0.3 is 0 Å². The van der Waals surface area contributed by atoms with Crippen molar-refractivity contribution in [2.45, 2.75) is 39.0 Å². The van der Waals surface area contributed by atoms with E-state index in [2.05, 4.69) is 0 Å². The van der Waals surface area contributed by atoms with Crippen LogP contribution in [0.5, 0.6) is 0 Å². The van der Waals surface area contributed by atoms with Crippen molar-refractivity contribution in [3.8, 4) is 0 Å². The number of aldehydes is 1. The first-order chi connectivity index (χ1) is 5.38. The second-order valence-corrected chi connectivity index (χ2v) is 3.24. The van der Waals surface area contributed by atoms with Crippen LogP contribution in [-0.2, 0) is 4.79 Å². The third kappa shape index (κ3) is 2.18. The van der Waals surface area contributed by atoms with Crippen LogP contribution in [0, 0.1) is 5.92 Å². The van der Waals surface area contributed by atoms with E-state index < -0.39 is 0 Å². The number of hydrogen-bond acceptors (Lipinski definition) is 1. The topological polar surface area (TPSA) is 17.1 Å². The van der Waals surface area contributed by atoms with Crippen LogP contribution in [-0.4, -0.2) is 6.29 Å². The van der Waals surface area contributed by atoms with Gasteiger partial charge in [-0.2, -0.15) is 0 Å². The molecule has 0 amide bonds. The van der Waals surface area contributed by atoms with E-state index in [0.717, 1.165) is 11.9 Å². The molecule has 0 spiro atoms. The summed E-state index contributed by atoms with van der Waals surface area (Å²) in [4.78, 5) is 10.6. The molecule has 0 unspecified atom stereocenters. The summed E-state index contributed by atoms with van der Waals surface area (Å²) in [5, 5.41) is 0. The first kappa shape index (κ1) is 8.51. The van der Waals surface area contributed by atoms with Gasteiger partial charge in [-0.15, -0.1) is 0 Å². The summed E-state index contributed by atoms with van der Waals surface area (Å²) in [6, 6.07) is 0. The fourth-order valence-corrected chi connectivity index (χ4v) is 1.84. The zero-order valence-electron chi connectivity index (χ0n) is 7.18. The molecule has 0 heterocycles. The van der Waals surface area contributed by atoms with Gasteiger partial charge in [-0.05, 0) is 31.3 Å². The fraction of sp³-hybridized carbons (Fsp3) is 0.700. The maximum atomic E-state index is 10.6. The van der Waals surface area contributed by atoms with Crippen molar-refractivity contribution in [1.82, 2.24) is 0 Å². The van der Waals surface area contributed by atoms with Crippen LogP contribution in [0.15, 0.2) is 11.6 Å². The third-order valence-electron chi connectivity index (χ3n) is 2.55. The van der Waals surface area contributed by atoms with Crippen molar-refractivity contribution in [2.24, 2.45) is 5.92 Å². The summed E-state index contributed by atoms with van der Waals surface area (Å²) < 4.78 is 0. The average Bonchev–Trinajstić information content (AvgIpc) is 2.09. The van der Waals surface area contributed by atoms with Crippen molar-refractivity contribution >= 4 is 6.29 Å². The highest BCUT2D eigenvalue weighted by molar-refractivity contribution is 5.73. The molecular formula is C10H16O. The van der Waals surface area contributed by atoms with Crippen LogP contribution >= 0.6 is 0 Å². The van der Waals surface area contributed by atoms with Gasteiger partial charge in [0.05, 0.1) is 0 Å². The molecule has 11 heavy (non-hydrogen) atoms. The number of allylic oxidation sites excluding steroid dienone is 2. The summed E-state index contributed by atoms with van der Waals surface area (Å²) in [6.45, 7) is 1.96. The molecule has 0 N–H and O–H groups in total. The molecule has 1 fully saturated rings. The first-order valence-electron chi connectivity index (χ1n) is 4.50. The minimum absolute atomic E-state index is 0.575. The maximum absolute atomic E-state index is 10.6. The highest BCUT2D eigenvalue weighted by atomic mass is 16.1. The molecule has 0 aliphatic heterocycles. The number of carbonyl (C=O) groups excluding carboxylic acids is 1. The Morgan fingerprint density at radius 3 is 2.36 bits per heavy atom. The van der Waals surface area contributed by atoms with Crippen molar-refractivity contribution in [3.63, 3.8) is 0 Å². The molecule has 1 rings (SSSR count). The van der Waals surface area contributed by atoms with Crippen LogP contribution in [0.3, 0.4) is 0 Å². The van der Waals surface area contributed by atoms with Crippen molar-refractivity contribution < 1.29 is 4.79 Å². The minimum atomic E-state index is 0.575. The largest absolute Gasteiger partial charge is 0.298 e. The summed E-state index contributed by atoms with van der Waals surface area (Å²) in [5.74, 6) is 0.575. The SMILES string of the molecule is CC=C(C=O)C1CCCCC1. The quantitative estimate of drug-likeness (QED) is 0.439. The second kappa shape index (κ2) is 4.32. The van der Waals surface area contributed by atoms with Crippen molar-refractivity contribution in [1.29, 1.82) is 0 Å². The number of carbonyl (C=O) groups is 1. The van der Waals surface area contributed by atoms with Gasteiger partial charge < -0.3 is 0 Å². The monoisotopic (exact) mass is 152 g/mol. The van der Waals surface area contributed by atoms with Crippen LogP contribution in [0.25, 0.3) is 0 Å². The highest BCUT2D eigenvalue weighted by Gasteiger charge is 2.15. The zero-order chi connectivity index (χ0) is 8.10. The molecule has 1 heteroatoms. The van der Waals surface area contributed by atoms with E-state index >= 15 is 0 Å². The Bertz CT molecular complexity index is 152. The summed E-state index contributed by atoms with van der Waals surface area (Å²) in [5.41, 5.74) is 1.02. The molecule has 0 aromatic rings. The molecule has 0 radical (unpaired) electrons. The Labute approximate surface area is 68.5 Å². The van der Waals surface area contributed by atoms with Gasteiger partial charge in [0.15, 0.2) is 0 Å². The highest BCUT2D eigenvalue weighted by Crippen LogP contribution is 2.28. The van der Waals surface area contributed by atoms with Crippen LogP contribution < -0.4 is 0 Å². The van der Waals surface area contributed by atoms with Gasteiger partial charge in [0, 0.05) is 0 Å². The molecule has 0 aromatic heterocycles. The van der Waals surface area contributed by atoms with Gasteiger partial charge in [-0.25, -0.2) is 0 Å². The lowest BCUT2D eigenvalue weighted by atomic mass is 9.84. The Hall–Kier alpha value is -0.590. The number of rotatable bonds is 2. The van der Waals surface area contributed by atoms with Gasteiger partial charge in [0.1, 0.15) is 6.29 Å². The van der Waals surface area contributed by atoms with Crippen molar-refractivity contribution in [3.05, 3.63) is 11.6 Å². The third-order valence-corrected chi connectivity index (χ3v) is 2.55. The summed E-state index contributed by atoms with van der Waals surface area (Å²) in [6.07, 6.45) is 9.38. The second-order valence-electron chi connectivity index (χ2n) is 3.24. The standard InChI is InChI=1S/C10H16O/c1-2-9(8-11)10-6-4-3-5-7-10/h2,8,10H,3-7H2,1H3. The Morgan fingerprint density at radius 1 is 1.27 bits per heavy atom. The molecule has 0 saturated heterocycles. The van der Waals surface area contributed by atoms with E-state index in [1.165, 1.54) is 32.1 Å². The molecule has 0 bridgehead atoms. The predicted octanol–water partition coefficient (Wildman–Crippen LogP) is 2.71. The van der Waals surface area contributed by atoms with Crippen molar-refractivity contribution in [2.75, 3.05) is 0 Å². The Balaban J connectivity index is 2.49. The molecule has 0 aromatic carbocycles. The van der Waals surface area contributed by atoms with E-state index in [4.69, 9.17) is 0 Å². The van der Waals surface area contributed by atoms with E-state index in [0.29, 0.717) is 5.92 Å². The minimum Gasteiger partial charge on any atom is -0.298 e. The maximum Gasteiger partial charge on any atom is 0.145 e. The van der Waals surface area contributed by atoms with Gasteiger partial charge in [-0.3, -0.25) is 4.79 Å². The average molecular weight is 152 g/mol. The summed E-state index contributed by atoms with van der Waals surface area (Å²) in [7, 11) is 0. The van der Waals surface area contributed by atoms with E-state index in [1.54, 1.807) is 0 Å².